The Bertz CT molecular complexity index is 1180. The van der Waals surface area contributed by atoms with Crippen LogP contribution >= 0.6 is 23.4 Å². The molecule has 1 heterocycles. The molecule has 0 atom stereocenters. The van der Waals surface area contributed by atoms with E-state index in [-0.39, 0.29) is 11.1 Å². The van der Waals surface area contributed by atoms with Gasteiger partial charge in [-0.05, 0) is 53.6 Å². The average molecular weight is 480 g/mol. The predicted octanol–water partition coefficient (Wildman–Crippen LogP) is 6.21. The lowest BCUT2D eigenvalue weighted by Gasteiger charge is -2.14. The molecule has 0 saturated carbocycles. The van der Waals surface area contributed by atoms with Gasteiger partial charge in [-0.1, -0.05) is 66.2 Å². The van der Waals surface area contributed by atoms with E-state index in [0.717, 1.165) is 22.9 Å². The van der Waals surface area contributed by atoms with E-state index in [0.29, 0.717) is 46.6 Å². The zero-order valence-corrected chi connectivity index (χ0v) is 19.6. The van der Waals surface area contributed by atoms with Crippen molar-refractivity contribution in [1.82, 2.24) is 4.90 Å². The maximum atomic E-state index is 12.9. The van der Waals surface area contributed by atoms with Crippen molar-refractivity contribution in [2.45, 2.75) is 13.0 Å². The van der Waals surface area contributed by atoms with E-state index in [1.54, 1.807) is 31.4 Å². The topological polar surface area (TPSA) is 55.8 Å². The first-order chi connectivity index (χ1) is 16.0. The first kappa shape index (κ1) is 23.0. The Morgan fingerprint density at radius 2 is 1.70 bits per heavy atom. The van der Waals surface area contributed by atoms with E-state index in [1.165, 1.54) is 4.90 Å². The molecule has 0 aliphatic carbocycles. The van der Waals surface area contributed by atoms with Gasteiger partial charge in [-0.25, -0.2) is 0 Å². The summed E-state index contributed by atoms with van der Waals surface area (Å²) >= 11 is 6.89. The number of halogens is 1. The van der Waals surface area contributed by atoms with Crippen LogP contribution < -0.4 is 9.47 Å². The van der Waals surface area contributed by atoms with Crippen LogP contribution in [-0.4, -0.2) is 29.7 Å². The zero-order chi connectivity index (χ0) is 23.2. The number of hydrogen-bond donors (Lipinski definition) is 0. The number of nitrogens with zero attached hydrogens (tertiary/aromatic N) is 1. The molecule has 7 heteroatoms. The summed E-state index contributed by atoms with van der Waals surface area (Å²) in [6, 6.07) is 22.6. The molecule has 1 aliphatic heterocycles. The molecule has 0 radical (unpaired) electrons. The Morgan fingerprint density at radius 1 is 0.939 bits per heavy atom. The van der Waals surface area contributed by atoms with Crippen LogP contribution in [0, 0.1) is 0 Å². The van der Waals surface area contributed by atoms with Gasteiger partial charge in [0.25, 0.3) is 11.1 Å². The van der Waals surface area contributed by atoms with Gasteiger partial charge in [-0.15, -0.1) is 0 Å². The molecule has 0 unspecified atom stereocenters. The number of imide groups is 1. The number of benzene rings is 3. The third kappa shape index (κ3) is 5.59. The van der Waals surface area contributed by atoms with Gasteiger partial charge >= 0.3 is 0 Å². The van der Waals surface area contributed by atoms with Crippen molar-refractivity contribution in [2.24, 2.45) is 0 Å². The van der Waals surface area contributed by atoms with Gasteiger partial charge in [0, 0.05) is 17.1 Å². The number of thioether (sulfide) groups is 1. The smallest absolute Gasteiger partial charge is 0.293 e. The summed E-state index contributed by atoms with van der Waals surface area (Å²) in [5.41, 5.74) is 2.68. The first-order valence-corrected chi connectivity index (χ1v) is 11.6. The highest BCUT2D eigenvalue weighted by atomic mass is 35.5. The minimum absolute atomic E-state index is 0.270. The van der Waals surface area contributed by atoms with E-state index in [2.05, 4.69) is 0 Å². The zero-order valence-electron chi connectivity index (χ0n) is 18.0. The van der Waals surface area contributed by atoms with Crippen LogP contribution in [0.1, 0.15) is 16.7 Å². The number of carbonyl (C=O) groups excluding carboxylic acids is 2. The Balaban J connectivity index is 1.53. The Kier molecular flexibility index (Phi) is 7.37. The minimum atomic E-state index is -0.299. The maximum Gasteiger partial charge on any atom is 0.293 e. The van der Waals surface area contributed by atoms with Crippen LogP contribution in [0.2, 0.25) is 5.02 Å². The highest BCUT2D eigenvalue weighted by molar-refractivity contribution is 8.18. The van der Waals surface area contributed by atoms with E-state index in [4.69, 9.17) is 21.1 Å². The van der Waals surface area contributed by atoms with Crippen molar-refractivity contribution in [3.8, 4) is 11.5 Å². The third-order valence-corrected chi connectivity index (χ3v) is 6.31. The van der Waals surface area contributed by atoms with Crippen LogP contribution in [0.3, 0.4) is 0 Å². The molecule has 0 aromatic heterocycles. The fraction of sp³-hybridized carbons (Fsp3) is 0.154. The number of hydrogen-bond acceptors (Lipinski definition) is 5. The molecule has 0 N–H and O–H groups in total. The SMILES string of the molecule is COc1cccc(/C=C2/SC(=O)N(CCc3ccccc3)C2=O)c1OCc1ccc(Cl)cc1. The molecule has 5 nitrogen and oxygen atoms in total. The van der Waals surface area contributed by atoms with Gasteiger partial charge in [-0.3, -0.25) is 14.5 Å². The number of methoxy groups -OCH3 is 1. The normalized spacial score (nSPS) is 14.7. The molecule has 3 aromatic rings. The Morgan fingerprint density at radius 3 is 2.42 bits per heavy atom. The Labute approximate surface area is 202 Å². The second kappa shape index (κ2) is 10.6. The standard InChI is InChI=1S/C26H22ClNO4S/c1-31-22-9-5-8-20(24(22)32-17-19-10-12-21(27)13-11-19)16-23-25(29)28(26(30)33-23)15-14-18-6-3-2-4-7-18/h2-13,16H,14-15,17H2,1H3/b23-16+. The average Bonchev–Trinajstić information content (AvgIpc) is 3.10. The van der Waals surface area contributed by atoms with Crippen molar-refractivity contribution in [3.63, 3.8) is 0 Å². The van der Waals surface area contributed by atoms with Crippen molar-refractivity contribution in [1.29, 1.82) is 0 Å². The first-order valence-electron chi connectivity index (χ1n) is 10.4. The van der Waals surface area contributed by atoms with E-state index in [9.17, 15) is 9.59 Å². The van der Waals surface area contributed by atoms with Crippen LogP contribution in [0.4, 0.5) is 4.79 Å². The van der Waals surface area contributed by atoms with Gasteiger partial charge in [-0.2, -0.15) is 0 Å². The van der Waals surface area contributed by atoms with Crippen molar-refractivity contribution < 1.29 is 19.1 Å². The second-order valence-electron chi connectivity index (χ2n) is 7.36. The quantitative estimate of drug-likeness (QED) is 0.360. The molecule has 1 aliphatic rings. The summed E-state index contributed by atoms with van der Waals surface area (Å²) < 4.78 is 11.5. The fourth-order valence-corrected chi connectivity index (χ4v) is 4.40. The summed E-state index contributed by atoms with van der Waals surface area (Å²) in [6.45, 7) is 0.640. The molecule has 1 saturated heterocycles. The molecule has 2 amide bonds. The molecule has 0 bridgehead atoms. The Hall–Kier alpha value is -3.22. The van der Waals surface area contributed by atoms with Gasteiger partial charge in [0.15, 0.2) is 11.5 Å². The fourth-order valence-electron chi connectivity index (χ4n) is 3.42. The molecule has 1 fully saturated rings. The lowest BCUT2D eigenvalue weighted by molar-refractivity contribution is -0.122. The van der Waals surface area contributed by atoms with Crippen LogP contribution in [-0.2, 0) is 17.8 Å². The predicted molar refractivity (Wildman–Crippen MR) is 132 cm³/mol. The largest absolute Gasteiger partial charge is 0.493 e. The highest BCUT2D eigenvalue weighted by Gasteiger charge is 2.35. The molecular weight excluding hydrogens is 458 g/mol. The van der Waals surface area contributed by atoms with Crippen molar-refractivity contribution >= 4 is 40.6 Å². The molecule has 3 aromatic carbocycles. The van der Waals surface area contributed by atoms with Gasteiger partial charge in [0.1, 0.15) is 6.61 Å². The second-order valence-corrected chi connectivity index (χ2v) is 8.79. The van der Waals surface area contributed by atoms with Crippen LogP contribution in [0.25, 0.3) is 6.08 Å². The van der Waals surface area contributed by atoms with Crippen molar-refractivity contribution in [3.05, 3.63) is 99.4 Å². The molecule has 0 spiro atoms. The number of amides is 2. The summed E-state index contributed by atoms with van der Waals surface area (Å²) in [5, 5.41) is 0.383. The summed E-state index contributed by atoms with van der Waals surface area (Å²) in [4.78, 5) is 27.1. The molecular formula is C26H22ClNO4S. The van der Waals surface area contributed by atoms with Crippen molar-refractivity contribution in [2.75, 3.05) is 13.7 Å². The van der Waals surface area contributed by atoms with E-state index in [1.807, 2.05) is 54.6 Å². The lowest BCUT2D eigenvalue weighted by atomic mass is 10.1. The van der Waals surface area contributed by atoms with Gasteiger partial charge in [0.2, 0.25) is 0 Å². The molecule has 4 rings (SSSR count). The monoisotopic (exact) mass is 479 g/mol. The lowest BCUT2D eigenvalue weighted by Crippen LogP contribution is -2.30. The number of carbonyl (C=O) groups is 2. The molecule has 168 valence electrons. The summed E-state index contributed by atoms with van der Waals surface area (Å²) in [5.74, 6) is 0.749. The number of rotatable bonds is 8. The van der Waals surface area contributed by atoms with Crippen LogP contribution in [0.5, 0.6) is 11.5 Å². The molecule has 33 heavy (non-hydrogen) atoms. The third-order valence-electron chi connectivity index (χ3n) is 5.15. The van der Waals surface area contributed by atoms with Crippen LogP contribution in [0.15, 0.2) is 77.7 Å². The van der Waals surface area contributed by atoms with E-state index >= 15 is 0 Å². The highest BCUT2D eigenvalue weighted by Crippen LogP contribution is 2.37. The van der Waals surface area contributed by atoms with Gasteiger partial charge < -0.3 is 9.47 Å². The number of para-hydroxylation sites is 1. The summed E-state index contributed by atoms with van der Waals surface area (Å²) in [7, 11) is 1.56. The maximum absolute atomic E-state index is 12.9. The van der Waals surface area contributed by atoms with E-state index < -0.39 is 0 Å². The summed E-state index contributed by atoms with van der Waals surface area (Å²) in [6.07, 6.45) is 2.30. The minimum Gasteiger partial charge on any atom is -0.493 e. The van der Waals surface area contributed by atoms with Gasteiger partial charge in [0.05, 0.1) is 12.0 Å². The number of ether oxygens (including phenoxy) is 2.